The summed E-state index contributed by atoms with van der Waals surface area (Å²) in [4.78, 5) is 0. The second-order valence-electron chi connectivity index (χ2n) is 5.61. The van der Waals surface area contributed by atoms with Gasteiger partial charge in [-0.3, -0.25) is 0 Å². The number of hydrogen-bond donors (Lipinski definition) is 1. The predicted octanol–water partition coefficient (Wildman–Crippen LogP) is 3.62. The molecule has 1 aromatic carbocycles. The van der Waals surface area contributed by atoms with Gasteiger partial charge in [0, 0.05) is 11.6 Å². The van der Waals surface area contributed by atoms with Crippen molar-refractivity contribution in [2.75, 3.05) is 13.7 Å². The fraction of sp³-hybridized carbons (Fsp3) is 0.625. The highest BCUT2D eigenvalue weighted by Gasteiger charge is 2.41. The maximum atomic E-state index is 5.61. The van der Waals surface area contributed by atoms with Crippen LogP contribution in [0.15, 0.2) is 12.1 Å². The van der Waals surface area contributed by atoms with E-state index in [2.05, 4.69) is 45.1 Å². The quantitative estimate of drug-likeness (QED) is 0.858. The Kier molecular flexibility index (Phi) is 3.96. The number of rotatable bonds is 5. The molecule has 2 heteroatoms. The molecule has 0 aliphatic heterocycles. The van der Waals surface area contributed by atoms with Crippen LogP contribution in [0.3, 0.4) is 0 Å². The standard InChI is InChI=1S/C16H25NO/c1-6-17-16(13-9-11(13)3)15-12(4)7-10(2)8-14(15)18-5/h7-8,11,13,16-17H,6,9H2,1-5H3. The Morgan fingerprint density at radius 2 is 2.06 bits per heavy atom. The molecule has 2 rings (SSSR count). The van der Waals surface area contributed by atoms with E-state index < -0.39 is 0 Å². The molecule has 2 nitrogen and oxygen atoms in total. The first kappa shape index (κ1) is 13.4. The van der Waals surface area contributed by atoms with Gasteiger partial charge in [0.15, 0.2) is 0 Å². The molecule has 0 amide bonds. The van der Waals surface area contributed by atoms with Crippen LogP contribution in [0.25, 0.3) is 0 Å². The fourth-order valence-corrected chi connectivity index (χ4v) is 3.01. The lowest BCUT2D eigenvalue weighted by Crippen LogP contribution is -2.24. The average molecular weight is 247 g/mol. The van der Waals surface area contributed by atoms with E-state index in [9.17, 15) is 0 Å². The van der Waals surface area contributed by atoms with Gasteiger partial charge < -0.3 is 10.1 Å². The van der Waals surface area contributed by atoms with Gasteiger partial charge >= 0.3 is 0 Å². The number of methoxy groups -OCH3 is 1. The summed E-state index contributed by atoms with van der Waals surface area (Å²) in [6.07, 6.45) is 1.33. The van der Waals surface area contributed by atoms with Gasteiger partial charge in [0.1, 0.15) is 5.75 Å². The fourth-order valence-electron chi connectivity index (χ4n) is 3.01. The summed E-state index contributed by atoms with van der Waals surface area (Å²) in [5.41, 5.74) is 3.98. The lowest BCUT2D eigenvalue weighted by Gasteiger charge is -2.23. The van der Waals surface area contributed by atoms with E-state index in [0.29, 0.717) is 6.04 Å². The Hall–Kier alpha value is -1.02. The second kappa shape index (κ2) is 5.31. The first-order chi connectivity index (χ1) is 8.58. The second-order valence-corrected chi connectivity index (χ2v) is 5.61. The first-order valence-electron chi connectivity index (χ1n) is 6.97. The minimum Gasteiger partial charge on any atom is -0.496 e. The van der Waals surface area contributed by atoms with E-state index >= 15 is 0 Å². The molecule has 18 heavy (non-hydrogen) atoms. The summed E-state index contributed by atoms with van der Waals surface area (Å²) in [7, 11) is 1.77. The summed E-state index contributed by atoms with van der Waals surface area (Å²) >= 11 is 0. The molecule has 3 atom stereocenters. The van der Waals surface area contributed by atoms with E-state index in [-0.39, 0.29) is 0 Å². The third kappa shape index (κ3) is 2.54. The maximum absolute atomic E-state index is 5.61. The third-order valence-electron chi connectivity index (χ3n) is 4.05. The van der Waals surface area contributed by atoms with Crippen molar-refractivity contribution in [1.82, 2.24) is 5.32 Å². The van der Waals surface area contributed by atoms with E-state index in [0.717, 1.165) is 24.1 Å². The molecule has 0 heterocycles. The van der Waals surface area contributed by atoms with Crippen molar-refractivity contribution in [3.63, 3.8) is 0 Å². The first-order valence-corrected chi connectivity index (χ1v) is 6.97. The molecule has 1 aliphatic carbocycles. The molecule has 0 bridgehead atoms. The number of aryl methyl sites for hydroxylation is 2. The minimum atomic E-state index is 0.445. The predicted molar refractivity (Wildman–Crippen MR) is 76.2 cm³/mol. The Bertz CT molecular complexity index is 427. The summed E-state index contributed by atoms with van der Waals surface area (Å²) in [6, 6.07) is 4.86. The van der Waals surface area contributed by atoms with Crippen LogP contribution in [0.2, 0.25) is 0 Å². The Morgan fingerprint density at radius 1 is 1.39 bits per heavy atom. The summed E-state index contributed by atoms with van der Waals surface area (Å²) in [5, 5.41) is 3.65. The van der Waals surface area contributed by atoms with E-state index in [1.54, 1.807) is 7.11 Å². The maximum Gasteiger partial charge on any atom is 0.124 e. The van der Waals surface area contributed by atoms with Crippen LogP contribution in [0, 0.1) is 25.7 Å². The van der Waals surface area contributed by atoms with E-state index in [1.165, 1.54) is 23.1 Å². The van der Waals surface area contributed by atoms with Gasteiger partial charge in [-0.05, 0) is 55.8 Å². The van der Waals surface area contributed by atoms with Gasteiger partial charge in [0.25, 0.3) is 0 Å². The molecule has 3 unspecified atom stereocenters. The van der Waals surface area contributed by atoms with Crippen molar-refractivity contribution in [1.29, 1.82) is 0 Å². The Labute approximate surface area is 111 Å². The highest BCUT2D eigenvalue weighted by atomic mass is 16.5. The van der Waals surface area contributed by atoms with Gasteiger partial charge in [-0.2, -0.15) is 0 Å². The van der Waals surface area contributed by atoms with Crippen LogP contribution >= 0.6 is 0 Å². The molecule has 0 aromatic heterocycles. The topological polar surface area (TPSA) is 21.3 Å². The van der Waals surface area contributed by atoms with Crippen molar-refractivity contribution < 1.29 is 4.74 Å². The smallest absolute Gasteiger partial charge is 0.124 e. The molecule has 0 saturated heterocycles. The Balaban J connectivity index is 2.39. The van der Waals surface area contributed by atoms with Crippen molar-refractivity contribution in [2.45, 2.75) is 40.2 Å². The van der Waals surface area contributed by atoms with Crippen LogP contribution in [0.4, 0.5) is 0 Å². The lowest BCUT2D eigenvalue weighted by molar-refractivity contribution is 0.388. The van der Waals surface area contributed by atoms with Gasteiger partial charge in [-0.1, -0.05) is 19.9 Å². The zero-order chi connectivity index (χ0) is 13.3. The monoisotopic (exact) mass is 247 g/mol. The van der Waals surface area contributed by atoms with Gasteiger partial charge in [0.2, 0.25) is 0 Å². The molecule has 1 aromatic rings. The number of benzene rings is 1. The minimum absolute atomic E-state index is 0.445. The Morgan fingerprint density at radius 3 is 2.56 bits per heavy atom. The molecular formula is C16H25NO. The molecule has 1 fully saturated rings. The van der Waals surface area contributed by atoms with Crippen LogP contribution in [-0.4, -0.2) is 13.7 Å². The third-order valence-corrected chi connectivity index (χ3v) is 4.05. The largest absolute Gasteiger partial charge is 0.496 e. The van der Waals surface area contributed by atoms with Gasteiger partial charge in [-0.15, -0.1) is 0 Å². The molecule has 1 N–H and O–H groups in total. The molecule has 1 saturated carbocycles. The summed E-state index contributed by atoms with van der Waals surface area (Å²) < 4.78 is 5.61. The molecule has 0 radical (unpaired) electrons. The number of ether oxygens (including phenoxy) is 1. The van der Waals surface area contributed by atoms with Gasteiger partial charge in [0.05, 0.1) is 7.11 Å². The van der Waals surface area contributed by atoms with E-state index in [4.69, 9.17) is 4.74 Å². The van der Waals surface area contributed by atoms with Crippen molar-refractivity contribution >= 4 is 0 Å². The molecule has 100 valence electrons. The van der Waals surface area contributed by atoms with Crippen LogP contribution in [-0.2, 0) is 0 Å². The zero-order valence-electron chi connectivity index (χ0n) is 12.2. The number of hydrogen-bond acceptors (Lipinski definition) is 2. The summed E-state index contributed by atoms with van der Waals surface area (Å²) in [6.45, 7) is 9.84. The van der Waals surface area contributed by atoms with Crippen molar-refractivity contribution in [3.05, 3.63) is 28.8 Å². The van der Waals surface area contributed by atoms with Crippen LogP contribution in [0.1, 0.15) is 43.0 Å². The zero-order valence-corrected chi connectivity index (χ0v) is 12.2. The average Bonchev–Trinajstić information content (AvgIpc) is 3.03. The van der Waals surface area contributed by atoms with Crippen molar-refractivity contribution in [3.8, 4) is 5.75 Å². The molecule has 0 spiro atoms. The lowest BCUT2D eigenvalue weighted by atomic mass is 9.94. The summed E-state index contributed by atoms with van der Waals surface area (Å²) in [5.74, 6) is 2.64. The van der Waals surface area contributed by atoms with Crippen LogP contribution < -0.4 is 10.1 Å². The van der Waals surface area contributed by atoms with E-state index in [1.807, 2.05) is 0 Å². The number of nitrogens with one attached hydrogen (secondary N) is 1. The highest BCUT2D eigenvalue weighted by Crippen LogP contribution is 2.49. The normalized spacial score (nSPS) is 23.8. The SMILES string of the molecule is CCNC(c1c(C)cc(C)cc1OC)C1CC1C. The molecule has 1 aliphatic rings. The van der Waals surface area contributed by atoms with Crippen molar-refractivity contribution in [2.24, 2.45) is 11.8 Å². The highest BCUT2D eigenvalue weighted by molar-refractivity contribution is 5.45. The molecular weight excluding hydrogens is 222 g/mol. The van der Waals surface area contributed by atoms with Crippen LogP contribution in [0.5, 0.6) is 5.75 Å². The van der Waals surface area contributed by atoms with Gasteiger partial charge in [-0.25, -0.2) is 0 Å².